The molecule has 0 aliphatic carbocycles. The normalized spacial score (nSPS) is 34.6. The van der Waals surface area contributed by atoms with E-state index in [0.717, 1.165) is 34.6 Å². The van der Waals surface area contributed by atoms with Gasteiger partial charge in [0.05, 0.1) is 13.2 Å². The Morgan fingerprint density at radius 3 is 1.53 bits per heavy atom. The van der Waals surface area contributed by atoms with Crippen molar-refractivity contribution >= 4 is 29.8 Å². The number of rotatable bonds is 10. The molecule has 0 spiro atoms. The summed E-state index contributed by atoms with van der Waals surface area (Å²) in [6.07, 6.45) is -12.5. The van der Waals surface area contributed by atoms with Crippen LogP contribution < -0.4 is 0 Å². The Morgan fingerprint density at radius 1 is 0.632 bits per heavy atom. The van der Waals surface area contributed by atoms with Gasteiger partial charge in [-0.05, 0) is 0 Å². The van der Waals surface area contributed by atoms with E-state index < -0.39 is 104 Å². The monoisotopic (exact) mass is 552 g/mol. The summed E-state index contributed by atoms with van der Waals surface area (Å²) in [5.74, 6) is -6.78. The molecule has 2 aliphatic rings. The molecule has 0 radical (unpaired) electrons. The lowest BCUT2D eigenvalue weighted by Gasteiger charge is -2.46. The van der Waals surface area contributed by atoms with E-state index in [1.807, 2.05) is 0 Å². The Morgan fingerprint density at radius 2 is 1.08 bits per heavy atom. The maximum Gasteiger partial charge on any atom is 0.303 e. The van der Waals surface area contributed by atoms with Crippen LogP contribution >= 0.6 is 0 Å². The predicted molar refractivity (Wildman–Crippen MR) is 116 cm³/mol. The minimum absolute atomic E-state index is 0.774. The van der Waals surface area contributed by atoms with E-state index in [9.17, 15) is 39.3 Å². The van der Waals surface area contributed by atoms with Crippen molar-refractivity contribution in [2.24, 2.45) is 0 Å². The van der Waals surface area contributed by atoms with Crippen molar-refractivity contribution < 1.29 is 77.2 Å². The van der Waals surface area contributed by atoms with Gasteiger partial charge in [-0.1, -0.05) is 0 Å². The molecule has 38 heavy (non-hydrogen) atoms. The zero-order chi connectivity index (χ0) is 28.8. The molecule has 9 atom stereocenters. The van der Waals surface area contributed by atoms with Gasteiger partial charge in [0.15, 0.2) is 30.5 Å². The van der Waals surface area contributed by atoms with Gasteiger partial charge in [-0.15, -0.1) is 0 Å². The minimum atomic E-state index is -2.39. The van der Waals surface area contributed by atoms with Crippen molar-refractivity contribution in [2.45, 2.75) is 89.4 Å². The van der Waals surface area contributed by atoms with E-state index in [2.05, 4.69) is 0 Å². The molecular formula is C22H32O16. The summed E-state index contributed by atoms with van der Waals surface area (Å²) >= 11 is 0. The van der Waals surface area contributed by atoms with Gasteiger partial charge in [0.25, 0.3) is 0 Å². The summed E-state index contributed by atoms with van der Waals surface area (Å²) in [5.41, 5.74) is 0. The predicted octanol–water partition coefficient (Wildman–Crippen LogP) is -2.54. The third-order valence-electron chi connectivity index (χ3n) is 5.44. The first-order chi connectivity index (χ1) is 17.8. The first-order valence-electron chi connectivity index (χ1n) is 11.5. The van der Waals surface area contributed by atoms with Gasteiger partial charge in [-0.2, -0.15) is 0 Å². The van der Waals surface area contributed by atoms with Gasteiger partial charge in [0.1, 0.15) is 18.8 Å². The quantitative estimate of drug-likeness (QED) is 0.188. The number of hydrogen-bond donors (Lipinski definition) is 3. The van der Waals surface area contributed by atoms with Crippen molar-refractivity contribution in [3.63, 3.8) is 0 Å². The van der Waals surface area contributed by atoms with E-state index in [1.165, 1.54) is 0 Å². The summed E-state index contributed by atoms with van der Waals surface area (Å²) in [7, 11) is 0. The average Bonchev–Trinajstić information content (AvgIpc) is 3.08. The topological polar surface area (TPSA) is 220 Å². The molecule has 0 aromatic rings. The summed E-state index contributed by atoms with van der Waals surface area (Å²) < 4.78 is 43.3. The third kappa shape index (κ3) is 7.36. The fraction of sp³-hybridized carbons (Fsp3) is 0.773. The number of aliphatic hydroxyl groups is 3. The highest BCUT2D eigenvalue weighted by molar-refractivity contribution is 5.69. The molecule has 8 unspecified atom stereocenters. The molecule has 16 nitrogen and oxygen atoms in total. The second-order valence-corrected chi connectivity index (χ2v) is 8.48. The Hall–Kier alpha value is -2.89. The lowest BCUT2D eigenvalue weighted by Crippen LogP contribution is -2.65. The largest absolute Gasteiger partial charge is 0.456 e. The molecule has 16 heteroatoms. The number of carbonyl (C=O) groups excluding carboxylic acids is 5. The molecule has 216 valence electrons. The molecule has 0 saturated carbocycles. The molecule has 2 heterocycles. The first-order valence-corrected chi connectivity index (χ1v) is 11.5. The third-order valence-corrected chi connectivity index (χ3v) is 5.44. The van der Waals surface area contributed by atoms with Crippen LogP contribution in [0.2, 0.25) is 0 Å². The number of hydrogen-bond acceptors (Lipinski definition) is 16. The van der Waals surface area contributed by atoms with Crippen molar-refractivity contribution in [3.05, 3.63) is 0 Å². The zero-order valence-electron chi connectivity index (χ0n) is 21.4. The highest BCUT2D eigenvalue weighted by Crippen LogP contribution is 2.40. The summed E-state index contributed by atoms with van der Waals surface area (Å²) in [6.45, 7) is 2.48. The van der Waals surface area contributed by atoms with Crippen LogP contribution in [0, 0.1) is 0 Å². The van der Waals surface area contributed by atoms with Crippen LogP contribution in [0.1, 0.15) is 34.6 Å². The second-order valence-electron chi connectivity index (χ2n) is 8.48. The van der Waals surface area contributed by atoms with Crippen LogP contribution in [0.3, 0.4) is 0 Å². The maximum atomic E-state index is 12.0. The molecule has 2 fully saturated rings. The molecule has 2 rings (SSSR count). The fourth-order valence-electron chi connectivity index (χ4n) is 4.19. The van der Waals surface area contributed by atoms with Crippen LogP contribution in [-0.4, -0.2) is 120 Å². The molecular weight excluding hydrogens is 520 g/mol. The molecule has 3 N–H and O–H groups in total. The smallest absolute Gasteiger partial charge is 0.303 e. The van der Waals surface area contributed by atoms with Crippen LogP contribution in [-0.2, 0) is 61.9 Å². The molecule has 0 aromatic carbocycles. The Kier molecular flexibility index (Phi) is 10.9. The van der Waals surface area contributed by atoms with Gasteiger partial charge in [-0.25, -0.2) is 0 Å². The molecule has 2 saturated heterocycles. The highest BCUT2D eigenvalue weighted by atomic mass is 16.8. The van der Waals surface area contributed by atoms with Gasteiger partial charge in [0, 0.05) is 34.6 Å². The molecule has 0 aromatic heterocycles. The Labute approximate surface area is 216 Å². The van der Waals surface area contributed by atoms with E-state index >= 15 is 0 Å². The Balaban J connectivity index is 2.58. The number of aliphatic hydroxyl groups excluding tert-OH is 3. The fourth-order valence-corrected chi connectivity index (χ4v) is 4.19. The average molecular weight is 552 g/mol. The number of ether oxygens (including phenoxy) is 8. The van der Waals surface area contributed by atoms with E-state index in [4.69, 9.17) is 37.9 Å². The Bertz CT molecular complexity index is 891. The van der Waals surface area contributed by atoms with Gasteiger partial charge in [0.2, 0.25) is 12.1 Å². The van der Waals surface area contributed by atoms with E-state index in [-0.39, 0.29) is 0 Å². The van der Waals surface area contributed by atoms with Crippen molar-refractivity contribution in [3.8, 4) is 0 Å². The van der Waals surface area contributed by atoms with Crippen molar-refractivity contribution in [1.29, 1.82) is 0 Å². The standard InChI is InChI=1S/C22H32O16/c1-9(26)31-16-14(6-23)36-21(19(34-12(4)29)18(16)33-11(3)28)38-22(8-25)20(35-13(5)30)17(32-10(2)27)15(7-24)37-22/h14-21,23-25H,6-8H2,1-5H3/t14?,15?,16?,17?,18?,19-,20?,21?,22?/m0/s1. The van der Waals surface area contributed by atoms with Crippen LogP contribution in [0.15, 0.2) is 0 Å². The summed E-state index contributed by atoms with van der Waals surface area (Å²) in [5, 5.41) is 30.1. The van der Waals surface area contributed by atoms with Crippen molar-refractivity contribution in [1.82, 2.24) is 0 Å². The molecule has 0 bridgehead atoms. The highest BCUT2D eigenvalue weighted by Gasteiger charge is 2.63. The molecule has 2 aliphatic heterocycles. The van der Waals surface area contributed by atoms with Crippen LogP contribution in [0.4, 0.5) is 0 Å². The van der Waals surface area contributed by atoms with E-state index in [0.29, 0.717) is 0 Å². The van der Waals surface area contributed by atoms with Crippen molar-refractivity contribution in [2.75, 3.05) is 19.8 Å². The first kappa shape index (κ1) is 31.3. The maximum absolute atomic E-state index is 12.0. The summed E-state index contributed by atoms with van der Waals surface area (Å²) in [4.78, 5) is 59.2. The summed E-state index contributed by atoms with van der Waals surface area (Å²) in [6, 6.07) is 0. The second kappa shape index (κ2) is 13.3. The van der Waals surface area contributed by atoms with Gasteiger partial charge >= 0.3 is 29.8 Å². The van der Waals surface area contributed by atoms with Crippen LogP contribution in [0.25, 0.3) is 0 Å². The van der Waals surface area contributed by atoms with E-state index in [1.54, 1.807) is 0 Å². The number of carbonyl (C=O) groups is 5. The number of esters is 5. The lowest BCUT2D eigenvalue weighted by molar-refractivity contribution is -0.384. The van der Waals surface area contributed by atoms with Gasteiger partial charge < -0.3 is 53.2 Å². The minimum Gasteiger partial charge on any atom is -0.456 e. The molecule has 0 amide bonds. The van der Waals surface area contributed by atoms with Crippen LogP contribution in [0.5, 0.6) is 0 Å². The zero-order valence-corrected chi connectivity index (χ0v) is 21.4. The van der Waals surface area contributed by atoms with Gasteiger partial charge in [-0.3, -0.25) is 24.0 Å². The lowest BCUT2D eigenvalue weighted by atomic mass is 9.97. The SMILES string of the molecule is CC(=O)OC1C(CO)OC(OC2(CO)OC(CO)C(OC(C)=O)C2OC(C)=O)[C@@H](OC(C)=O)C1OC(C)=O.